The first-order chi connectivity index (χ1) is 8.13. The quantitative estimate of drug-likeness (QED) is 0.874. The molecular formula is C13H19N3O. The molecule has 0 aliphatic carbocycles. The zero-order chi connectivity index (χ0) is 12.4. The highest BCUT2D eigenvalue weighted by molar-refractivity contribution is 5.80. The van der Waals surface area contributed by atoms with E-state index >= 15 is 0 Å². The van der Waals surface area contributed by atoms with Crippen LogP contribution in [-0.2, 0) is 7.05 Å². The molecule has 92 valence electrons. The van der Waals surface area contributed by atoms with E-state index in [0.717, 1.165) is 35.5 Å². The molecule has 17 heavy (non-hydrogen) atoms. The summed E-state index contributed by atoms with van der Waals surface area (Å²) in [6.07, 6.45) is 0.787. The van der Waals surface area contributed by atoms with Crippen LogP contribution in [0.2, 0.25) is 0 Å². The second-order valence-corrected chi connectivity index (χ2v) is 4.39. The number of aromatic nitrogens is 2. The molecule has 4 heteroatoms. The average molecular weight is 233 g/mol. The van der Waals surface area contributed by atoms with Crippen LogP contribution >= 0.6 is 0 Å². The number of aryl methyl sites for hydroxylation is 2. The summed E-state index contributed by atoms with van der Waals surface area (Å²) in [6, 6.07) is 6.29. The second kappa shape index (κ2) is 4.75. The predicted molar refractivity (Wildman–Crippen MR) is 70.4 cm³/mol. The standard InChI is InChI=1S/C13H19N3O/c1-10-14-12-9-11(15(2)7-4-8-17)5-6-13(12)16(10)3/h5-6,9,17H,4,7-8H2,1-3H3. The molecule has 0 atom stereocenters. The van der Waals surface area contributed by atoms with Gasteiger partial charge in [0.1, 0.15) is 5.82 Å². The summed E-state index contributed by atoms with van der Waals surface area (Å²) < 4.78 is 2.09. The van der Waals surface area contributed by atoms with Crippen molar-refractivity contribution >= 4 is 16.7 Å². The van der Waals surface area contributed by atoms with Gasteiger partial charge in [-0.1, -0.05) is 0 Å². The van der Waals surface area contributed by atoms with Crippen molar-refractivity contribution in [1.29, 1.82) is 0 Å². The summed E-state index contributed by atoms with van der Waals surface area (Å²) in [4.78, 5) is 6.66. The van der Waals surface area contributed by atoms with Gasteiger partial charge in [-0.15, -0.1) is 0 Å². The highest BCUT2D eigenvalue weighted by atomic mass is 16.3. The van der Waals surface area contributed by atoms with Gasteiger partial charge in [-0.25, -0.2) is 4.98 Å². The van der Waals surface area contributed by atoms with Crippen LogP contribution in [0.25, 0.3) is 11.0 Å². The molecule has 1 N–H and O–H groups in total. The fourth-order valence-electron chi connectivity index (χ4n) is 1.98. The topological polar surface area (TPSA) is 41.3 Å². The van der Waals surface area contributed by atoms with Crippen molar-refractivity contribution in [3.05, 3.63) is 24.0 Å². The fourth-order valence-corrected chi connectivity index (χ4v) is 1.98. The first-order valence-corrected chi connectivity index (χ1v) is 5.88. The maximum absolute atomic E-state index is 8.83. The normalized spacial score (nSPS) is 11.1. The van der Waals surface area contributed by atoms with Gasteiger partial charge in [0.25, 0.3) is 0 Å². The largest absolute Gasteiger partial charge is 0.396 e. The molecule has 0 spiro atoms. The van der Waals surface area contributed by atoms with Crippen LogP contribution in [0, 0.1) is 6.92 Å². The lowest BCUT2D eigenvalue weighted by atomic mass is 10.2. The molecule has 0 amide bonds. The van der Waals surface area contributed by atoms with E-state index in [0.29, 0.717) is 0 Å². The van der Waals surface area contributed by atoms with Crippen LogP contribution in [0.3, 0.4) is 0 Å². The van der Waals surface area contributed by atoms with Gasteiger partial charge in [-0.05, 0) is 31.5 Å². The Labute approximate surface area is 101 Å². The number of aliphatic hydroxyl groups excluding tert-OH is 1. The van der Waals surface area contributed by atoms with E-state index < -0.39 is 0 Å². The molecule has 0 saturated heterocycles. The van der Waals surface area contributed by atoms with E-state index in [1.165, 1.54) is 0 Å². The minimum absolute atomic E-state index is 0.231. The minimum atomic E-state index is 0.231. The van der Waals surface area contributed by atoms with E-state index in [4.69, 9.17) is 5.11 Å². The summed E-state index contributed by atoms with van der Waals surface area (Å²) in [5.74, 6) is 1.02. The van der Waals surface area contributed by atoms with Crippen LogP contribution in [0.4, 0.5) is 5.69 Å². The number of aliphatic hydroxyl groups is 1. The Morgan fingerprint density at radius 1 is 1.41 bits per heavy atom. The molecule has 1 heterocycles. The molecular weight excluding hydrogens is 214 g/mol. The van der Waals surface area contributed by atoms with Crippen molar-refractivity contribution in [1.82, 2.24) is 9.55 Å². The van der Waals surface area contributed by atoms with Crippen molar-refractivity contribution in [3.63, 3.8) is 0 Å². The van der Waals surface area contributed by atoms with Crippen LogP contribution in [0.1, 0.15) is 12.2 Å². The first-order valence-electron chi connectivity index (χ1n) is 5.88. The second-order valence-electron chi connectivity index (χ2n) is 4.39. The summed E-state index contributed by atoms with van der Waals surface area (Å²) in [7, 11) is 4.06. The van der Waals surface area contributed by atoms with Gasteiger partial charge in [0.05, 0.1) is 11.0 Å². The summed E-state index contributed by atoms with van der Waals surface area (Å²) in [5.41, 5.74) is 3.32. The highest BCUT2D eigenvalue weighted by Gasteiger charge is 2.06. The van der Waals surface area contributed by atoms with Crippen LogP contribution in [0.15, 0.2) is 18.2 Å². The number of hydrogen-bond donors (Lipinski definition) is 1. The molecule has 2 rings (SSSR count). The minimum Gasteiger partial charge on any atom is -0.396 e. The highest BCUT2D eigenvalue weighted by Crippen LogP contribution is 2.21. The number of anilines is 1. The van der Waals surface area contributed by atoms with E-state index in [1.54, 1.807) is 0 Å². The molecule has 1 aromatic heterocycles. The summed E-state index contributed by atoms with van der Waals surface area (Å²) in [5, 5.41) is 8.83. The van der Waals surface area contributed by atoms with Gasteiger partial charge in [-0.2, -0.15) is 0 Å². The lowest BCUT2D eigenvalue weighted by Gasteiger charge is -2.18. The van der Waals surface area contributed by atoms with Gasteiger partial charge in [0.2, 0.25) is 0 Å². The Morgan fingerprint density at radius 3 is 2.88 bits per heavy atom. The average Bonchev–Trinajstić information content (AvgIpc) is 2.61. The Morgan fingerprint density at radius 2 is 2.18 bits per heavy atom. The Hall–Kier alpha value is -1.55. The van der Waals surface area contributed by atoms with E-state index in [9.17, 15) is 0 Å². The number of imidazole rings is 1. The first kappa shape index (κ1) is 11.9. The lowest BCUT2D eigenvalue weighted by Crippen LogP contribution is -2.19. The maximum atomic E-state index is 8.83. The maximum Gasteiger partial charge on any atom is 0.106 e. The fraction of sp³-hybridized carbons (Fsp3) is 0.462. The monoisotopic (exact) mass is 233 g/mol. The number of hydrogen-bond acceptors (Lipinski definition) is 3. The molecule has 2 aromatic rings. The lowest BCUT2D eigenvalue weighted by molar-refractivity contribution is 0.290. The Kier molecular flexibility index (Phi) is 3.33. The van der Waals surface area contributed by atoms with Crippen molar-refractivity contribution in [3.8, 4) is 0 Å². The van der Waals surface area contributed by atoms with E-state index in [-0.39, 0.29) is 6.61 Å². The van der Waals surface area contributed by atoms with Crippen LogP contribution < -0.4 is 4.90 Å². The SMILES string of the molecule is Cc1nc2cc(N(C)CCCO)ccc2n1C. The van der Waals surface area contributed by atoms with Gasteiger partial charge < -0.3 is 14.6 Å². The molecule has 4 nitrogen and oxygen atoms in total. The predicted octanol–water partition coefficient (Wildman–Crippen LogP) is 1.70. The van der Waals surface area contributed by atoms with Crippen molar-refractivity contribution in [2.45, 2.75) is 13.3 Å². The number of benzene rings is 1. The van der Waals surface area contributed by atoms with Gasteiger partial charge in [0.15, 0.2) is 0 Å². The Balaban J connectivity index is 2.31. The molecule has 0 aliphatic rings. The van der Waals surface area contributed by atoms with Crippen molar-refractivity contribution < 1.29 is 5.11 Å². The molecule has 0 fully saturated rings. The van der Waals surface area contributed by atoms with Crippen molar-refractivity contribution in [2.24, 2.45) is 7.05 Å². The van der Waals surface area contributed by atoms with Gasteiger partial charge >= 0.3 is 0 Å². The third-order valence-corrected chi connectivity index (χ3v) is 3.18. The zero-order valence-electron chi connectivity index (χ0n) is 10.6. The van der Waals surface area contributed by atoms with Crippen LogP contribution in [-0.4, -0.2) is 34.9 Å². The van der Waals surface area contributed by atoms with Gasteiger partial charge in [0, 0.05) is 32.9 Å². The molecule has 0 aliphatic heterocycles. The number of nitrogens with zero attached hydrogens (tertiary/aromatic N) is 3. The van der Waals surface area contributed by atoms with E-state index in [2.05, 4.69) is 32.7 Å². The van der Waals surface area contributed by atoms with Crippen molar-refractivity contribution in [2.75, 3.05) is 25.1 Å². The summed E-state index contributed by atoms with van der Waals surface area (Å²) >= 11 is 0. The number of fused-ring (bicyclic) bond motifs is 1. The van der Waals surface area contributed by atoms with Gasteiger partial charge in [-0.3, -0.25) is 0 Å². The van der Waals surface area contributed by atoms with E-state index in [1.807, 2.05) is 21.0 Å². The molecule has 0 unspecified atom stereocenters. The third kappa shape index (κ3) is 2.26. The molecule has 0 bridgehead atoms. The molecule has 0 radical (unpaired) electrons. The smallest absolute Gasteiger partial charge is 0.106 e. The molecule has 1 aromatic carbocycles. The Bertz CT molecular complexity index is 519. The third-order valence-electron chi connectivity index (χ3n) is 3.18. The zero-order valence-corrected chi connectivity index (χ0v) is 10.6. The van der Waals surface area contributed by atoms with Crippen LogP contribution in [0.5, 0.6) is 0 Å². The molecule has 0 saturated carbocycles. The summed E-state index contributed by atoms with van der Waals surface area (Å²) in [6.45, 7) is 3.10. The number of rotatable bonds is 4.